The monoisotopic (exact) mass is 314 g/mol. The van der Waals surface area contributed by atoms with Crippen LogP contribution in [0.1, 0.15) is 38.9 Å². The Bertz CT molecular complexity index is 357. The van der Waals surface area contributed by atoms with Gasteiger partial charge in [0.2, 0.25) is 0 Å². The minimum Gasteiger partial charge on any atom is -0.414 e. The zero-order chi connectivity index (χ0) is 13.1. The fourth-order valence-corrected chi connectivity index (χ4v) is 3.16. The lowest BCUT2D eigenvalue weighted by Crippen LogP contribution is -2.19. The predicted octanol–water partition coefficient (Wildman–Crippen LogP) is 4.93. The number of halogens is 1. The fraction of sp³-hybridized carbons (Fsp3) is 0.571. The van der Waals surface area contributed by atoms with E-state index in [0.29, 0.717) is 0 Å². The summed E-state index contributed by atoms with van der Waals surface area (Å²) >= 11 is 3.53. The molecule has 17 heavy (non-hydrogen) atoms. The van der Waals surface area contributed by atoms with Crippen LogP contribution in [0, 0.1) is 5.41 Å². The van der Waals surface area contributed by atoms with Crippen molar-refractivity contribution in [1.82, 2.24) is 0 Å². The molecule has 0 aliphatic rings. The van der Waals surface area contributed by atoms with Gasteiger partial charge in [-0.3, -0.25) is 0 Å². The Morgan fingerprint density at radius 1 is 1.29 bits per heavy atom. The van der Waals surface area contributed by atoms with E-state index in [2.05, 4.69) is 74.1 Å². The summed E-state index contributed by atoms with van der Waals surface area (Å²) in [6.45, 7) is 11.3. The molecule has 96 valence electrons. The molecule has 0 bridgehead atoms. The van der Waals surface area contributed by atoms with Gasteiger partial charge in [0.15, 0.2) is 9.04 Å². The van der Waals surface area contributed by atoms with Crippen LogP contribution in [0.25, 0.3) is 0 Å². The topological polar surface area (TPSA) is 9.23 Å². The van der Waals surface area contributed by atoms with E-state index in [1.54, 1.807) is 0 Å². The fourth-order valence-electron chi connectivity index (χ4n) is 1.84. The molecule has 1 aromatic carbocycles. The van der Waals surface area contributed by atoms with E-state index in [1.165, 1.54) is 5.56 Å². The number of rotatable bonds is 4. The van der Waals surface area contributed by atoms with Crippen molar-refractivity contribution in [2.45, 2.75) is 46.4 Å². The van der Waals surface area contributed by atoms with Crippen LogP contribution in [0.4, 0.5) is 0 Å². The van der Waals surface area contributed by atoms with Gasteiger partial charge < -0.3 is 4.43 Å². The second-order valence-corrected chi connectivity index (χ2v) is 9.28. The Hall–Kier alpha value is -0.123. The first-order valence-electron chi connectivity index (χ1n) is 6.19. The maximum absolute atomic E-state index is 6.19. The van der Waals surface area contributed by atoms with Gasteiger partial charge in [0, 0.05) is 4.47 Å². The smallest absolute Gasteiger partial charge is 0.171 e. The number of benzene rings is 1. The van der Waals surface area contributed by atoms with Gasteiger partial charge >= 0.3 is 0 Å². The molecule has 0 saturated heterocycles. The van der Waals surface area contributed by atoms with E-state index in [-0.39, 0.29) is 11.5 Å². The quantitative estimate of drug-likeness (QED) is 0.716. The predicted molar refractivity (Wildman–Crippen MR) is 80.9 cm³/mol. The van der Waals surface area contributed by atoms with Crippen molar-refractivity contribution in [3.63, 3.8) is 0 Å². The summed E-state index contributed by atoms with van der Waals surface area (Å²) in [6, 6.07) is 8.48. The van der Waals surface area contributed by atoms with E-state index in [9.17, 15) is 0 Å². The summed E-state index contributed by atoms with van der Waals surface area (Å²) in [6.07, 6.45) is 1.30. The van der Waals surface area contributed by atoms with Crippen molar-refractivity contribution in [3.05, 3.63) is 34.3 Å². The lowest BCUT2D eigenvalue weighted by molar-refractivity contribution is 0.146. The Balaban J connectivity index is 2.89. The largest absolute Gasteiger partial charge is 0.414 e. The molecule has 0 amide bonds. The molecule has 0 aliphatic heterocycles. The van der Waals surface area contributed by atoms with Crippen LogP contribution in [0.15, 0.2) is 28.7 Å². The highest BCUT2D eigenvalue weighted by Gasteiger charge is 2.21. The first-order chi connectivity index (χ1) is 7.78. The molecule has 0 aromatic heterocycles. The molecule has 0 heterocycles. The van der Waals surface area contributed by atoms with Crippen LogP contribution in [-0.2, 0) is 4.43 Å². The Morgan fingerprint density at radius 2 is 1.94 bits per heavy atom. The van der Waals surface area contributed by atoms with Gasteiger partial charge in [0.25, 0.3) is 0 Å². The third kappa shape index (κ3) is 5.84. The van der Waals surface area contributed by atoms with Crippen LogP contribution < -0.4 is 0 Å². The van der Waals surface area contributed by atoms with E-state index in [0.717, 1.165) is 10.9 Å². The minimum atomic E-state index is -1.02. The van der Waals surface area contributed by atoms with Crippen LogP contribution >= 0.6 is 15.9 Å². The second-order valence-electron chi connectivity index (χ2n) is 5.99. The van der Waals surface area contributed by atoms with Crippen LogP contribution in [0.5, 0.6) is 0 Å². The van der Waals surface area contributed by atoms with Gasteiger partial charge in [-0.25, -0.2) is 0 Å². The zero-order valence-electron chi connectivity index (χ0n) is 11.5. The Kier molecular flexibility index (Phi) is 5.42. The molecule has 0 N–H and O–H groups in total. The molecule has 0 aliphatic carbocycles. The van der Waals surface area contributed by atoms with Crippen molar-refractivity contribution in [1.29, 1.82) is 0 Å². The molecule has 1 unspecified atom stereocenters. The summed E-state index contributed by atoms with van der Waals surface area (Å²) in [4.78, 5) is 0. The average Bonchev–Trinajstić information content (AvgIpc) is 2.13. The van der Waals surface area contributed by atoms with Crippen LogP contribution in [0.3, 0.4) is 0 Å². The summed E-state index contributed by atoms with van der Waals surface area (Å²) in [7, 11) is -1.02. The van der Waals surface area contributed by atoms with E-state index < -0.39 is 9.04 Å². The molecular weight excluding hydrogens is 292 g/mol. The SMILES string of the molecule is C[SiH](C)OC(CC(C)(C)C)c1cccc(Br)c1. The summed E-state index contributed by atoms with van der Waals surface area (Å²) < 4.78 is 7.31. The van der Waals surface area contributed by atoms with Crippen molar-refractivity contribution in [2.75, 3.05) is 0 Å². The summed E-state index contributed by atoms with van der Waals surface area (Å²) in [5.74, 6) is 0. The molecule has 0 saturated carbocycles. The molecule has 0 radical (unpaired) electrons. The van der Waals surface area contributed by atoms with Gasteiger partial charge in [0.1, 0.15) is 0 Å². The Labute approximate surface area is 115 Å². The standard InChI is InChI=1S/C14H23BrOSi/c1-14(2,3)10-13(16-17(4)5)11-7-6-8-12(15)9-11/h6-9,13,17H,10H2,1-5H3. The third-order valence-electron chi connectivity index (χ3n) is 2.45. The van der Waals surface area contributed by atoms with E-state index in [1.807, 2.05) is 0 Å². The van der Waals surface area contributed by atoms with Crippen molar-refractivity contribution in [2.24, 2.45) is 5.41 Å². The normalized spacial score (nSPS) is 14.1. The maximum atomic E-state index is 6.19. The highest BCUT2D eigenvalue weighted by Crippen LogP contribution is 2.33. The lowest BCUT2D eigenvalue weighted by atomic mass is 9.87. The molecule has 1 nitrogen and oxygen atoms in total. The molecule has 1 atom stereocenters. The minimum absolute atomic E-state index is 0.235. The molecule has 1 rings (SSSR count). The zero-order valence-corrected chi connectivity index (χ0v) is 14.2. The highest BCUT2D eigenvalue weighted by molar-refractivity contribution is 9.10. The molecule has 1 aromatic rings. The molecule has 0 fully saturated rings. The van der Waals surface area contributed by atoms with Crippen molar-refractivity contribution >= 4 is 25.0 Å². The number of hydrogen-bond donors (Lipinski definition) is 0. The van der Waals surface area contributed by atoms with Crippen molar-refractivity contribution < 1.29 is 4.43 Å². The van der Waals surface area contributed by atoms with Crippen molar-refractivity contribution in [3.8, 4) is 0 Å². The van der Waals surface area contributed by atoms with E-state index in [4.69, 9.17) is 4.43 Å². The summed E-state index contributed by atoms with van der Waals surface area (Å²) in [5, 5.41) is 0. The molecule has 3 heteroatoms. The lowest BCUT2D eigenvalue weighted by Gasteiger charge is -2.28. The first-order valence-corrected chi connectivity index (χ1v) is 9.76. The van der Waals surface area contributed by atoms with Crippen LogP contribution in [0.2, 0.25) is 13.1 Å². The van der Waals surface area contributed by atoms with Gasteiger partial charge in [-0.1, -0.05) is 48.8 Å². The van der Waals surface area contributed by atoms with Gasteiger partial charge in [-0.15, -0.1) is 0 Å². The summed E-state index contributed by atoms with van der Waals surface area (Å²) in [5.41, 5.74) is 1.58. The first kappa shape index (κ1) is 14.9. The third-order valence-corrected chi connectivity index (χ3v) is 3.82. The van der Waals surface area contributed by atoms with Gasteiger partial charge in [-0.05, 0) is 42.6 Å². The van der Waals surface area contributed by atoms with Gasteiger partial charge in [-0.2, -0.15) is 0 Å². The average molecular weight is 315 g/mol. The molecular formula is C14H23BrOSi. The van der Waals surface area contributed by atoms with Gasteiger partial charge in [0.05, 0.1) is 6.10 Å². The highest BCUT2D eigenvalue weighted by atomic mass is 79.9. The molecule has 0 spiro atoms. The van der Waals surface area contributed by atoms with E-state index >= 15 is 0 Å². The Morgan fingerprint density at radius 3 is 2.41 bits per heavy atom. The van der Waals surface area contributed by atoms with Crippen LogP contribution in [-0.4, -0.2) is 9.04 Å². The number of hydrogen-bond acceptors (Lipinski definition) is 1. The second kappa shape index (κ2) is 6.16. The maximum Gasteiger partial charge on any atom is 0.171 e.